The Balaban J connectivity index is 0.000000303. The highest BCUT2D eigenvalue weighted by molar-refractivity contribution is 7.96. The molecule has 0 spiro atoms. The lowest BCUT2D eigenvalue weighted by Crippen LogP contribution is -2.52. The molecule has 14 heteroatoms. The SMILES string of the molecule is CC[S+](Cc1cc([N+](=O)[O-])cc([N+](=O)[O-])c1)c1ccc(O)cc1.ClC1C(Cl)C(Cl)C(Cl)C(Cl)C1Cl. The van der Waals surface area contributed by atoms with Crippen LogP contribution in [0.25, 0.3) is 0 Å². The van der Waals surface area contributed by atoms with Crippen LogP contribution in [0.15, 0.2) is 47.4 Å². The third-order valence-electron chi connectivity index (χ3n) is 5.07. The maximum atomic E-state index is 10.9. The van der Waals surface area contributed by atoms with Crippen LogP contribution in [0.5, 0.6) is 5.75 Å². The summed E-state index contributed by atoms with van der Waals surface area (Å²) < 4.78 is 0. The predicted octanol–water partition coefficient (Wildman–Crippen LogP) is 7.05. The molecule has 3 rings (SSSR count). The Labute approximate surface area is 235 Å². The molecule has 1 atom stereocenters. The van der Waals surface area contributed by atoms with Crippen LogP contribution in [-0.4, -0.2) is 53.0 Å². The standard InChI is InChI=1S/C15H14N2O5S.C6H6Cl6/c1-2-23(15-5-3-14(18)4-6-15)10-11-7-12(16(19)20)9-13(8-11)17(21)22;7-1-2(8)4(10)6(12)5(11)3(1)9/h3-9H,2,10H2,1H3;1-6H/p+1. The van der Waals surface area contributed by atoms with Crippen molar-refractivity contribution in [1.82, 2.24) is 0 Å². The summed E-state index contributed by atoms with van der Waals surface area (Å²) in [6, 6.07) is 10.5. The molecular formula is C21H21Cl6N2O5S+. The number of alkyl halides is 6. The summed E-state index contributed by atoms with van der Waals surface area (Å²) in [5.41, 5.74) is 0.00303. The molecular weight excluding hydrogens is 605 g/mol. The van der Waals surface area contributed by atoms with Gasteiger partial charge in [0.05, 0.1) is 48.2 Å². The van der Waals surface area contributed by atoms with Crippen LogP contribution in [0.1, 0.15) is 12.5 Å². The number of non-ortho nitro benzene ring substituents is 2. The number of phenols is 1. The van der Waals surface area contributed by atoms with E-state index in [2.05, 4.69) is 0 Å². The highest BCUT2D eigenvalue weighted by Crippen LogP contribution is 2.39. The normalized spacial score (nSPS) is 26.8. The molecule has 1 aliphatic carbocycles. The first-order valence-electron chi connectivity index (χ1n) is 10.1. The van der Waals surface area contributed by atoms with Gasteiger partial charge >= 0.3 is 0 Å². The molecule has 0 saturated heterocycles. The quantitative estimate of drug-likeness (QED) is 0.160. The number of nitrogens with zero attached hydrogens (tertiary/aromatic N) is 2. The topological polar surface area (TPSA) is 107 Å². The summed E-state index contributed by atoms with van der Waals surface area (Å²) in [5, 5.41) is 28.6. The van der Waals surface area contributed by atoms with Crippen molar-refractivity contribution in [3.05, 3.63) is 68.3 Å². The van der Waals surface area contributed by atoms with Crippen molar-refractivity contribution in [2.24, 2.45) is 0 Å². The zero-order chi connectivity index (χ0) is 26.4. The monoisotopic (exact) mass is 623 g/mol. The second-order valence-corrected chi connectivity index (χ2v) is 12.8. The van der Waals surface area contributed by atoms with Crippen molar-refractivity contribution in [3.63, 3.8) is 0 Å². The van der Waals surface area contributed by atoms with Gasteiger partial charge in [-0.1, -0.05) is 0 Å². The van der Waals surface area contributed by atoms with Gasteiger partial charge in [-0.2, -0.15) is 0 Å². The summed E-state index contributed by atoms with van der Waals surface area (Å²) in [6.07, 6.45) is 0. The van der Waals surface area contributed by atoms with E-state index >= 15 is 0 Å². The minimum absolute atomic E-state index is 0.166. The predicted molar refractivity (Wildman–Crippen MR) is 146 cm³/mol. The lowest BCUT2D eigenvalue weighted by Gasteiger charge is -2.37. The minimum atomic E-state index is -0.624. The van der Waals surface area contributed by atoms with Crippen LogP contribution < -0.4 is 0 Å². The summed E-state index contributed by atoms with van der Waals surface area (Å²) in [6.45, 7) is 1.99. The Kier molecular flexibility index (Phi) is 11.8. The van der Waals surface area contributed by atoms with Gasteiger partial charge in [0.1, 0.15) is 17.3 Å². The molecule has 35 heavy (non-hydrogen) atoms. The average Bonchev–Trinajstić information content (AvgIpc) is 2.84. The molecule has 2 aromatic carbocycles. The second-order valence-electron chi connectivity index (χ2n) is 7.46. The molecule has 1 fully saturated rings. The van der Waals surface area contributed by atoms with Gasteiger partial charge in [-0.05, 0) is 31.2 Å². The van der Waals surface area contributed by atoms with Crippen molar-refractivity contribution < 1.29 is 15.0 Å². The van der Waals surface area contributed by atoms with Gasteiger partial charge in [0, 0.05) is 28.6 Å². The van der Waals surface area contributed by atoms with E-state index in [4.69, 9.17) is 69.6 Å². The molecule has 0 radical (unpaired) electrons. The summed E-state index contributed by atoms with van der Waals surface area (Å²) in [7, 11) is -0.253. The lowest BCUT2D eigenvalue weighted by atomic mass is 9.97. The van der Waals surface area contributed by atoms with Gasteiger partial charge in [-0.15, -0.1) is 69.6 Å². The summed E-state index contributed by atoms with van der Waals surface area (Å²) >= 11 is 35.3. The van der Waals surface area contributed by atoms with Crippen LogP contribution >= 0.6 is 69.6 Å². The number of nitro benzene ring substituents is 2. The average molecular weight is 626 g/mol. The lowest BCUT2D eigenvalue weighted by molar-refractivity contribution is -0.394. The molecule has 0 heterocycles. The maximum absolute atomic E-state index is 10.9. The molecule has 1 aliphatic rings. The van der Waals surface area contributed by atoms with E-state index in [0.29, 0.717) is 11.3 Å². The first kappa shape index (κ1) is 30.4. The number of nitro groups is 2. The minimum Gasteiger partial charge on any atom is -0.508 e. The first-order valence-corrected chi connectivity index (χ1v) is 14.3. The summed E-state index contributed by atoms with van der Waals surface area (Å²) in [4.78, 5) is 21.6. The fraction of sp³-hybridized carbons (Fsp3) is 0.429. The smallest absolute Gasteiger partial charge is 0.276 e. The van der Waals surface area contributed by atoms with Crippen molar-refractivity contribution in [1.29, 1.82) is 0 Å². The van der Waals surface area contributed by atoms with Gasteiger partial charge in [-0.25, -0.2) is 0 Å². The number of hydrogen-bond donors (Lipinski definition) is 1. The van der Waals surface area contributed by atoms with Crippen LogP contribution in [0.3, 0.4) is 0 Å². The van der Waals surface area contributed by atoms with E-state index in [1.54, 1.807) is 24.3 Å². The van der Waals surface area contributed by atoms with Crippen molar-refractivity contribution in [3.8, 4) is 5.75 Å². The number of rotatable bonds is 6. The molecule has 192 valence electrons. The number of halogens is 6. The Morgan fingerprint density at radius 3 is 1.46 bits per heavy atom. The van der Waals surface area contributed by atoms with Crippen LogP contribution in [0.2, 0.25) is 0 Å². The van der Waals surface area contributed by atoms with Crippen molar-refractivity contribution in [2.45, 2.75) is 49.8 Å². The zero-order valence-electron chi connectivity index (χ0n) is 18.1. The third kappa shape index (κ3) is 8.06. The Morgan fingerprint density at radius 1 is 0.771 bits per heavy atom. The van der Waals surface area contributed by atoms with Gasteiger partial charge in [0.2, 0.25) is 0 Å². The van der Waals surface area contributed by atoms with Gasteiger partial charge in [0.25, 0.3) is 11.4 Å². The number of hydrogen-bond acceptors (Lipinski definition) is 5. The van der Waals surface area contributed by atoms with Gasteiger partial charge in [0.15, 0.2) is 4.90 Å². The number of aromatic hydroxyl groups is 1. The van der Waals surface area contributed by atoms with Crippen molar-refractivity contribution in [2.75, 3.05) is 5.75 Å². The Bertz CT molecular complexity index is 943. The first-order chi connectivity index (χ1) is 16.4. The third-order valence-corrected chi connectivity index (χ3v) is 11.4. The largest absolute Gasteiger partial charge is 0.508 e. The van der Waals surface area contributed by atoms with Crippen molar-refractivity contribution >= 4 is 91.9 Å². The van der Waals surface area contributed by atoms with E-state index in [1.807, 2.05) is 6.92 Å². The molecule has 1 saturated carbocycles. The van der Waals surface area contributed by atoms with Crippen LogP contribution in [-0.2, 0) is 16.6 Å². The highest BCUT2D eigenvalue weighted by Gasteiger charge is 2.46. The molecule has 0 aromatic heterocycles. The molecule has 2 aromatic rings. The van der Waals surface area contributed by atoms with E-state index in [9.17, 15) is 25.3 Å². The van der Waals surface area contributed by atoms with Gasteiger partial charge < -0.3 is 5.11 Å². The fourth-order valence-electron chi connectivity index (χ4n) is 3.20. The molecule has 1 unspecified atom stereocenters. The number of benzene rings is 2. The number of phenolic OH excluding ortho intramolecular Hbond substituents is 1. The summed E-state index contributed by atoms with van der Waals surface area (Å²) in [5.74, 6) is 1.44. The van der Waals surface area contributed by atoms with E-state index in [1.165, 1.54) is 12.1 Å². The van der Waals surface area contributed by atoms with Gasteiger partial charge in [-0.3, -0.25) is 20.2 Å². The molecule has 0 amide bonds. The zero-order valence-corrected chi connectivity index (χ0v) is 23.4. The molecule has 0 bridgehead atoms. The van der Waals surface area contributed by atoms with E-state index in [0.717, 1.165) is 16.7 Å². The molecule has 0 aliphatic heterocycles. The van der Waals surface area contributed by atoms with Crippen LogP contribution in [0.4, 0.5) is 11.4 Å². The second kappa shape index (κ2) is 13.6. The highest BCUT2D eigenvalue weighted by atomic mass is 35.5. The fourth-order valence-corrected chi connectivity index (χ4v) is 7.32. The van der Waals surface area contributed by atoms with E-state index < -0.39 is 42.1 Å². The molecule has 1 N–H and O–H groups in total. The Morgan fingerprint density at radius 2 is 1.14 bits per heavy atom. The maximum Gasteiger partial charge on any atom is 0.276 e. The Hall–Kier alpha value is -0.870. The molecule has 7 nitrogen and oxygen atoms in total. The van der Waals surface area contributed by atoms with Crippen LogP contribution in [0, 0.1) is 20.2 Å². The van der Waals surface area contributed by atoms with E-state index in [-0.39, 0.29) is 28.0 Å².